The van der Waals surface area contributed by atoms with Gasteiger partial charge in [0.25, 0.3) is 15.9 Å². The Morgan fingerprint density at radius 1 is 1.10 bits per heavy atom. The number of hydrogen-bond acceptors (Lipinski definition) is 4. The first-order chi connectivity index (χ1) is 14.3. The Morgan fingerprint density at radius 3 is 2.47 bits per heavy atom. The van der Waals surface area contributed by atoms with Crippen LogP contribution < -0.4 is 10.0 Å². The number of carbonyl (C=O) groups is 2. The number of benzene rings is 2. The molecule has 160 valence electrons. The van der Waals surface area contributed by atoms with Gasteiger partial charge < -0.3 is 10.2 Å². The first-order valence-electron chi connectivity index (χ1n) is 10.1. The largest absolute Gasteiger partial charge is 0.352 e. The number of sulfonamides is 1. The summed E-state index contributed by atoms with van der Waals surface area (Å²) in [6.45, 7) is 4.70. The van der Waals surface area contributed by atoms with Gasteiger partial charge in [0, 0.05) is 31.1 Å². The van der Waals surface area contributed by atoms with Gasteiger partial charge in [-0.2, -0.15) is 0 Å². The van der Waals surface area contributed by atoms with E-state index in [0.29, 0.717) is 30.8 Å². The molecule has 1 fully saturated rings. The molecular weight excluding hydrogens is 402 g/mol. The Balaban J connectivity index is 1.69. The second-order valence-corrected chi connectivity index (χ2v) is 9.14. The second-order valence-electron chi connectivity index (χ2n) is 7.46. The zero-order valence-electron chi connectivity index (χ0n) is 17.2. The van der Waals surface area contributed by atoms with Crippen molar-refractivity contribution in [2.24, 2.45) is 0 Å². The molecule has 0 bridgehead atoms. The number of hydrogen-bond donors (Lipinski definition) is 2. The molecule has 2 amide bonds. The molecule has 1 unspecified atom stereocenters. The molecule has 0 radical (unpaired) electrons. The van der Waals surface area contributed by atoms with Crippen molar-refractivity contribution in [3.05, 3.63) is 59.7 Å². The van der Waals surface area contributed by atoms with E-state index < -0.39 is 10.0 Å². The van der Waals surface area contributed by atoms with Crippen LogP contribution in [0.3, 0.4) is 0 Å². The standard InChI is InChI=1S/C22H27N3O4S/c1-3-21(26)23-18-8-6-14-25(15-18)22(27)17-10-12-19(13-11-17)30(28,29)24-20-9-5-4-7-16(20)2/h4-5,7,9-13,18,24H,3,6,8,14-15H2,1-2H3,(H,23,26). The summed E-state index contributed by atoms with van der Waals surface area (Å²) in [5.74, 6) is -0.189. The molecule has 2 aromatic rings. The number of nitrogens with zero attached hydrogens (tertiary/aromatic N) is 1. The highest BCUT2D eigenvalue weighted by Gasteiger charge is 2.25. The number of aryl methyl sites for hydroxylation is 1. The molecule has 3 rings (SSSR count). The van der Waals surface area contributed by atoms with Crippen molar-refractivity contribution in [2.75, 3.05) is 17.8 Å². The van der Waals surface area contributed by atoms with E-state index in [9.17, 15) is 18.0 Å². The molecule has 0 saturated carbocycles. The molecule has 2 aromatic carbocycles. The summed E-state index contributed by atoms with van der Waals surface area (Å²) < 4.78 is 27.9. The highest BCUT2D eigenvalue weighted by atomic mass is 32.2. The Kier molecular flexibility index (Phi) is 6.77. The SMILES string of the molecule is CCC(=O)NC1CCCN(C(=O)c2ccc(S(=O)(=O)Nc3ccccc3C)cc2)C1. The van der Waals surface area contributed by atoms with E-state index in [1.807, 2.05) is 19.1 Å². The zero-order chi connectivity index (χ0) is 21.7. The van der Waals surface area contributed by atoms with E-state index in [4.69, 9.17) is 0 Å². The van der Waals surface area contributed by atoms with Gasteiger partial charge in [-0.3, -0.25) is 14.3 Å². The van der Waals surface area contributed by atoms with Gasteiger partial charge in [-0.05, 0) is 55.7 Å². The lowest BCUT2D eigenvalue weighted by atomic mass is 10.0. The highest BCUT2D eigenvalue weighted by Crippen LogP contribution is 2.21. The van der Waals surface area contributed by atoms with Crippen molar-refractivity contribution in [3.8, 4) is 0 Å². The van der Waals surface area contributed by atoms with Crippen molar-refractivity contribution in [3.63, 3.8) is 0 Å². The molecular formula is C22H27N3O4S. The van der Waals surface area contributed by atoms with Gasteiger partial charge in [0.2, 0.25) is 5.91 Å². The quantitative estimate of drug-likeness (QED) is 0.738. The van der Waals surface area contributed by atoms with Crippen LogP contribution >= 0.6 is 0 Å². The van der Waals surface area contributed by atoms with Gasteiger partial charge in [0.15, 0.2) is 0 Å². The predicted molar refractivity (Wildman–Crippen MR) is 116 cm³/mol. The monoisotopic (exact) mass is 429 g/mol. The van der Waals surface area contributed by atoms with Crippen LogP contribution in [-0.4, -0.2) is 44.3 Å². The van der Waals surface area contributed by atoms with Crippen LogP contribution in [0.25, 0.3) is 0 Å². The lowest BCUT2D eigenvalue weighted by Gasteiger charge is -2.33. The van der Waals surface area contributed by atoms with Crippen LogP contribution in [-0.2, 0) is 14.8 Å². The summed E-state index contributed by atoms with van der Waals surface area (Å²) in [7, 11) is -3.75. The number of piperidine rings is 1. The molecule has 30 heavy (non-hydrogen) atoms. The van der Waals surface area contributed by atoms with Gasteiger partial charge >= 0.3 is 0 Å². The Morgan fingerprint density at radius 2 is 1.80 bits per heavy atom. The van der Waals surface area contributed by atoms with Crippen molar-refractivity contribution < 1.29 is 18.0 Å². The second kappa shape index (κ2) is 9.30. The summed E-state index contributed by atoms with van der Waals surface area (Å²) in [6.07, 6.45) is 2.07. The van der Waals surface area contributed by atoms with Crippen LogP contribution in [0, 0.1) is 6.92 Å². The van der Waals surface area contributed by atoms with E-state index in [2.05, 4.69) is 10.0 Å². The van der Waals surface area contributed by atoms with Gasteiger partial charge in [-0.25, -0.2) is 8.42 Å². The first-order valence-corrected chi connectivity index (χ1v) is 11.6. The summed E-state index contributed by atoms with van der Waals surface area (Å²) in [5, 5.41) is 2.94. The van der Waals surface area contributed by atoms with E-state index >= 15 is 0 Å². The third-order valence-electron chi connectivity index (χ3n) is 5.20. The Bertz CT molecular complexity index is 1020. The fourth-order valence-electron chi connectivity index (χ4n) is 3.46. The number of carbonyl (C=O) groups excluding carboxylic acids is 2. The lowest BCUT2D eigenvalue weighted by Crippen LogP contribution is -2.49. The summed E-state index contributed by atoms with van der Waals surface area (Å²) >= 11 is 0. The van der Waals surface area contributed by atoms with E-state index in [1.165, 1.54) is 24.3 Å². The smallest absolute Gasteiger partial charge is 0.261 e. The maximum absolute atomic E-state index is 12.8. The number of amides is 2. The van der Waals surface area contributed by atoms with Gasteiger partial charge in [-0.15, -0.1) is 0 Å². The molecule has 8 heteroatoms. The van der Waals surface area contributed by atoms with E-state index in [0.717, 1.165) is 18.4 Å². The fraction of sp³-hybridized carbons (Fsp3) is 0.364. The third-order valence-corrected chi connectivity index (χ3v) is 6.58. The number of anilines is 1. The van der Waals surface area contributed by atoms with Crippen LogP contribution in [0.15, 0.2) is 53.4 Å². The van der Waals surface area contributed by atoms with Gasteiger partial charge in [-0.1, -0.05) is 25.1 Å². The number of likely N-dealkylation sites (tertiary alicyclic amines) is 1. The van der Waals surface area contributed by atoms with Gasteiger partial charge in [0.1, 0.15) is 0 Å². The van der Waals surface area contributed by atoms with Crippen molar-refractivity contribution in [1.82, 2.24) is 10.2 Å². The maximum Gasteiger partial charge on any atom is 0.261 e. The maximum atomic E-state index is 12.8. The molecule has 7 nitrogen and oxygen atoms in total. The molecule has 0 aromatic heterocycles. The van der Waals surface area contributed by atoms with Crippen LogP contribution in [0.4, 0.5) is 5.69 Å². The number of nitrogens with one attached hydrogen (secondary N) is 2. The highest BCUT2D eigenvalue weighted by molar-refractivity contribution is 7.92. The molecule has 1 aliphatic heterocycles. The Labute approximate surface area is 177 Å². The molecule has 0 spiro atoms. The normalized spacial score (nSPS) is 16.7. The minimum Gasteiger partial charge on any atom is -0.352 e. The van der Waals surface area contributed by atoms with E-state index in [1.54, 1.807) is 24.0 Å². The number of para-hydroxylation sites is 1. The van der Waals surface area contributed by atoms with Gasteiger partial charge in [0.05, 0.1) is 10.6 Å². The lowest BCUT2D eigenvalue weighted by molar-refractivity contribution is -0.121. The summed E-state index contributed by atoms with van der Waals surface area (Å²) in [6, 6.07) is 13.0. The molecule has 2 N–H and O–H groups in total. The summed E-state index contributed by atoms with van der Waals surface area (Å²) in [4.78, 5) is 26.3. The van der Waals surface area contributed by atoms with Crippen molar-refractivity contribution in [1.29, 1.82) is 0 Å². The predicted octanol–water partition coefficient (Wildman–Crippen LogP) is 2.93. The molecule has 1 atom stereocenters. The van der Waals surface area contributed by atoms with Crippen LogP contribution in [0.2, 0.25) is 0 Å². The van der Waals surface area contributed by atoms with Crippen molar-refractivity contribution >= 4 is 27.5 Å². The topological polar surface area (TPSA) is 95.6 Å². The van der Waals surface area contributed by atoms with Crippen LogP contribution in [0.1, 0.15) is 42.1 Å². The molecule has 1 heterocycles. The minimum atomic E-state index is -3.75. The first kappa shape index (κ1) is 21.8. The number of rotatable bonds is 6. The third kappa shape index (κ3) is 5.18. The Hall–Kier alpha value is -2.87. The summed E-state index contributed by atoms with van der Waals surface area (Å²) in [5.41, 5.74) is 1.76. The molecule has 1 aliphatic rings. The van der Waals surface area contributed by atoms with Crippen molar-refractivity contribution in [2.45, 2.75) is 44.0 Å². The average molecular weight is 430 g/mol. The molecule has 1 saturated heterocycles. The van der Waals surface area contributed by atoms with Crippen LogP contribution in [0.5, 0.6) is 0 Å². The molecule has 0 aliphatic carbocycles. The zero-order valence-corrected chi connectivity index (χ0v) is 18.0. The van der Waals surface area contributed by atoms with E-state index in [-0.39, 0.29) is 22.8 Å². The average Bonchev–Trinajstić information content (AvgIpc) is 2.75. The fourth-order valence-corrected chi connectivity index (χ4v) is 4.59. The minimum absolute atomic E-state index is 0.0231.